The average Bonchev–Trinajstić information content (AvgIpc) is 3.50. The number of amides is 3. The monoisotopic (exact) mass is 660 g/mol. The molecule has 1 atom stereocenters. The van der Waals surface area contributed by atoms with E-state index < -0.39 is 22.9 Å². The summed E-state index contributed by atoms with van der Waals surface area (Å²) in [5.74, 6) is -1.97. The molecule has 234 valence electrons. The number of rotatable bonds is 11. The Labute approximate surface area is 280 Å². The van der Waals surface area contributed by atoms with Crippen LogP contribution < -0.4 is 16.0 Å². The zero-order chi connectivity index (χ0) is 33.2. The second-order valence-corrected chi connectivity index (χ2v) is 12.4. The summed E-state index contributed by atoms with van der Waals surface area (Å²) in [6.45, 7) is 1.90. The molecule has 0 aliphatic carbocycles. The Balaban J connectivity index is 1.31. The summed E-state index contributed by atoms with van der Waals surface area (Å²) in [6, 6.07) is 33.0. The summed E-state index contributed by atoms with van der Waals surface area (Å²) < 4.78 is 14.5. The first-order valence-electron chi connectivity index (χ1n) is 14.6. The van der Waals surface area contributed by atoms with Gasteiger partial charge in [-0.05, 0) is 54.5 Å². The lowest BCUT2D eigenvalue weighted by molar-refractivity contribution is -0.116. The molecule has 4 aromatic carbocycles. The molecule has 1 aromatic heterocycles. The number of benzene rings is 4. The maximum absolute atomic E-state index is 14.5. The molecular formula is C37H29FN4O3S2. The highest BCUT2D eigenvalue weighted by Gasteiger charge is 2.22. The van der Waals surface area contributed by atoms with Crippen molar-refractivity contribution < 1.29 is 18.8 Å². The van der Waals surface area contributed by atoms with E-state index in [-0.39, 0.29) is 17.2 Å². The SMILES string of the molecule is CCC(Sc1cccc(NC(=O)/C(=C/c2ccccc2F)NC(=O)c2ccccc2)c1)C(=O)Nc1scc(-c2ccccc2)c1C#N. The second-order valence-electron chi connectivity index (χ2n) is 10.2. The van der Waals surface area contributed by atoms with Crippen LogP contribution in [0.2, 0.25) is 0 Å². The third-order valence-electron chi connectivity index (χ3n) is 6.99. The number of hydrogen-bond acceptors (Lipinski definition) is 6. The molecule has 1 unspecified atom stereocenters. The highest BCUT2D eigenvalue weighted by Crippen LogP contribution is 2.36. The van der Waals surface area contributed by atoms with Crippen LogP contribution in [0.1, 0.15) is 34.8 Å². The number of thioether (sulfide) groups is 1. The van der Waals surface area contributed by atoms with Gasteiger partial charge >= 0.3 is 0 Å². The van der Waals surface area contributed by atoms with E-state index in [0.717, 1.165) is 16.0 Å². The van der Waals surface area contributed by atoms with E-state index in [4.69, 9.17) is 0 Å². The molecule has 10 heteroatoms. The fourth-order valence-corrected chi connectivity index (χ4v) is 6.54. The van der Waals surface area contributed by atoms with Crippen molar-refractivity contribution >= 4 is 57.6 Å². The highest BCUT2D eigenvalue weighted by molar-refractivity contribution is 8.00. The number of nitriles is 1. The van der Waals surface area contributed by atoms with Gasteiger partial charge in [0.2, 0.25) is 5.91 Å². The maximum Gasteiger partial charge on any atom is 0.272 e. The third kappa shape index (κ3) is 8.41. The molecule has 0 aliphatic heterocycles. The summed E-state index contributed by atoms with van der Waals surface area (Å²) >= 11 is 2.62. The van der Waals surface area contributed by atoms with Crippen molar-refractivity contribution in [3.8, 4) is 17.2 Å². The van der Waals surface area contributed by atoms with Crippen LogP contribution in [0.15, 0.2) is 125 Å². The van der Waals surface area contributed by atoms with E-state index in [1.807, 2.05) is 48.7 Å². The first kappa shape index (κ1) is 32.9. The number of anilines is 2. The van der Waals surface area contributed by atoms with Crippen LogP contribution in [0.3, 0.4) is 0 Å². The standard InChI is InChI=1S/C37H29FN4O3S2/c1-2-33(36(45)42-37-29(22-39)30(23-46-37)24-12-5-3-6-13-24)47-28-18-11-17-27(21-28)40-35(44)32(20-26-16-9-10-19-31(26)38)41-34(43)25-14-7-4-8-15-25/h3-21,23,33H,2H2,1H3,(H,40,44)(H,41,43)(H,42,45)/b32-20-. The number of nitrogens with one attached hydrogen (secondary N) is 3. The van der Waals surface area contributed by atoms with Crippen LogP contribution in [0, 0.1) is 17.1 Å². The van der Waals surface area contributed by atoms with Gasteiger partial charge in [0.15, 0.2) is 0 Å². The van der Waals surface area contributed by atoms with Gasteiger partial charge in [-0.15, -0.1) is 23.1 Å². The Kier molecular flexibility index (Phi) is 11.0. The third-order valence-corrected chi connectivity index (χ3v) is 9.25. The van der Waals surface area contributed by atoms with Crippen molar-refractivity contribution in [2.45, 2.75) is 23.5 Å². The Morgan fingerprint density at radius 3 is 2.32 bits per heavy atom. The van der Waals surface area contributed by atoms with E-state index >= 15 is 0 Å². The number of hydrogen-bond donors (Lipinski definition) is 3. The summed E-state index contributed by atoms with van der Waals surface area (Å²) in [7, 11) is 0. The first-order chi connectivity index (χ1) is 22.9. The molecule has 0 bridgehead atoms. The summed E-state index contributed by atoms with van der Waals surface area (Å²) in [6.07, 6.45) is 1.79. The molecule has 0 fully saturated rings. The normalized spacial score (nSPS) is 11.6. The number of thiophene rings is 1. The minimum Gasteiger partial charge on any atom is -0.321 e. The van der Waals surface area contributed by atoms with E-state index in [1.165, 1.54) is 47.4 Å². The van der Waals surface area contributed by atoms with Crippen LogP contribution in [0.25, 0.3) is 17.2 Å². The molecule has 3 amide bonds. The Morgan fingerprint density at radius 1 is 0.915 bits per heavy atom. The lowest BCUT2D eigenvalue weighted by atomic mass is 10.1. The molecule has 3 N–H and O–H groups in total. The van der Waals surface area contributed by atoms with Crippen LogP contribution in [0.4, 0.5) is 15.1 Å². The van der Waals surface area contributed by atoms with Gasteiger partial charge < -0.3 is 16.0 Å². The number of carbonyl (C=O) groups is 3. The molecule has 0 aliphatic rings. The van der Waals surface area contributed by atoms with Crippen molar-refractivity contribution in [2.24, 2.45) is 0 Å². The molecule has 0 saturated carbocycles. The van der Waals surface area contributed by atoms with Gasteiger partial charge in [0.1, 0.15) is 22.6 Å². The van der Waals surface area contributed by atoms with Crippen LogP contribution in [-0.4, -0.2) is 23.0 Å². The zero-order valence-corrected chi connectivity index (χ0v) is 26.8. The number of nitrogens with zero attached hydrogens (tertiary/aromatic N) is 1. The smallest absolute Gasteiger partial charge is 0.272 e. The largest absolute Gasteiger partial charge is 0.321 e. The van der Waals surface area contributed by atoms with Gasteiger partial charge in [-0.25, -0.2) is 4.39 Å². The lowest BCUT2D eigenvalue weighted by Crippen LogP contribution is -2.30. The van der Waals surface area contributed by atoms with Crippen molar-refractivity contribution in [3.05, 3.63) is 143 Å². The molecule has 7 nitrogen and oxygen atoms in total. The minimum atomic E-state index is -0.652. The van der Waals surface area contributed by atoms with Gasteiger partial charge in [-0.1, -0.05) is 79.7 Å². The van der Waals surface area contributed by atoms with Crippen molar-refractivity contribution in [2.75, 3.05) is 10.6 Å². The van der Waals surface area contributed by atoms with E-state index in [9.17, 15) is 24.0 Å². The minimum absolute atomic E-state index is 0.133. The molecule has 5 rings (SSSR count). The average molecular weight is 661 g/mol. The molecule has 1 heterocycles. The molecule has 0 spiro atoms. The molecule has 0 radical (unpaired) electrons. The Morgan fingerprint density at radius 2 is 1.62 bits per heavy atom. The van der Waals surface area contributed by atoms with Crippen molar-refractivity contribution in [1.82, 2.24) is 5.32 Å². The zero-order valence-electron chi connectivity index (χ0n) is 25.2. The Bertz CT molecular complexity index is 1970. The number of carbonyl (C=O) groups excluding carboxylic acids is 3. The van der Waals surface area contributed by atoms with Gasteiger partial charge in [0.25, 0.3) is 11.8 Å². The van der Waals surface area contributed by atoms with Crippen molar-refractivity contribution in [3.63, 3.8) is 0 Å². The van der Waals surface area contributed by atoms with Crippen LogP contribution in [0.5, 0.6) is 0 Å². The molecule has 0 saturated heterocycles. The van der Waals surface area contributed by atoms with Crippen molar-refractivity contribution in [1.29, 1.82) is 5.26 Å². The van der Waals surface area contributed by atoms with Gasteiger partial charge in [-0.2, -0.15) is 5.26 Å². The van der Waals surface area contributed by atoms with Gasteiger partial charge in [0, 0.05) is 32.7 Å². The summed E-state index contributed by atoms with van der Waals surface area (Å²) in [4.78, 5) is 40.4. The summed E-state index contributed by atoms with van der Waals surface area (Å²) in [5.41, 5.74) is 2.82. The quantitative estimate of drug-likeness (QED) is 0.0974. The van der Waals surface area contributed by atoms with Crippen LogP contribution >= 0.6 is 23.1 Å². The van der Waals surface area contributed by atoms with E-state index in [0.29, 0.717) is 28.2 Å². The molecular weight excluding hydrogens is 632 g/mol. The lowest BCUT2D eigenvalue weighted by Gasteiger charge is -2.16. The molecule has 47 heavy (non-hydrogen) atoms. The van der Waals surface area contributed by atoms with E-state index in [2.05, 4.69) is 22.0 Å². The topological polar surface area (TPSA) is 111 Å². The second kappa shape index (κ2) is 15.7. The number of halogens is 1. The van der Waals surface area contributed by atoms with Gasteiger partial charge in [0.05, 0.1) is 10.8 Å². The predicted molar refractivity (Wildman–Crippen MR) is 186 cm³/mol. The van der Waals surface area contributed by atoms with Gasteiger partial charge in [-0.3, -0.25) is 14.4 Å². The fourth-order valence-electron chi connectivity index (χ4n) is 4.61. The fraction of sp³-hybridized carbons (Fsp3) is 0.0811. The highest BCUT2D eigenvalue weighted by atomic mass is 32.2. The molecule has 5 aromatic rings. The predicted octanol–water partition coefficient (Wildman–Crippen LogP) is 8.34. The van der Waals surface area contributed by atoms with Crippen LogP contribution in [-0.2, 0) is 9.59 Å². The summed E-state index contributed by atoms with van der Waals surface area (Å²) in [5, 5.41) is 20.0. The maximum atomic E-state index is 14.5. The van der Waals surface area contributed by atoms with E-state index in [1.54, 1.807) is 54.6 Å². The first-order valence-corrected chi connectivity index (χ1v) is 16.4. The Hall–Kier alpha value is -5.50.